The fourth-order valence-corrected chi connectivity index (χ4v) is 4.49. The zero-order chi connectivity index (χ0) is 25.5. The van der Waals surface area contributed by atoms with Crippen LogP contribution in [0.2, 0.25) is 0 Å². The quantitative estimate of drug-likeness (QED) is 0.334. The van der Waals surface area contributed by atoms with Crippen LogP contribution >= 0.6 is 0 Å². The van der Waals surface area contributed by atoms with Gasteiger partial charge in [-0.3, -0.25) is 4.79 Å². The van der Waals surface area contributed by atoms with Crippen LogP contribution in [0.5, 0.6) is 0 Å². The Labute approximate surface area is 209 Å². The topological polar surface area (TPSA) is 104 Å². The van der Waals surface area contributed by atoms with Gasteiger partial charge >= 0.3 is 0 Å². The van der Waals surface area contributed by atoms with Gasteiger partial charge in [-0.1, -0.05) is 12.1 Å². The van der Waals surface area contributed by atoms with Crippen molar-refractivity contribution >= 4 is 28.8 Å². The summed E-state index contributed by atoms with van der Waals surface area (Å²) in [4.78, 5) is 18.2. The first-order valence-electron chi connectivity index (χ1n) is 12.1. The molecule has 0 unspecified atom stereocenters. The molecule has 1 aliphatic heterocycles. The van der Waals surface area contributed by atoms with Crippen LogP contribution in [0.1, 0.15) is 30.4 Å². The van der Waals surface area contributed by atoms with E-state index in [1.165, 1.54) is 12.1 Å². The van der Waals surface area contributed by atoms with Crippen LogP contribution in [0, 0.1) is 17.6 Å². The number of piperidine rings is 1. The number of pyridine rings is 1. The molecule has 0 radical (unpaired) electrons. The minimum atomic E-state index is -0.915. The number of carbonyl (C=O) groups excluding carboxylic acids is 1. The van der Waals surface area contributed by atoms with Crippen LogP contribution in [0.3, 0.4) is 0 Å². The van der Waals surface area contributed by atoms with Crippen molar-refractivity contribution in [2.75, 3.05) is 35.2 Å². The summed E-state index contributed by atoms with van der Waals surface area (Å²) in [5, 5.41) is 15.5. The van der Waals surface area contributed by atoms with Gasteiger partial charge in [0.1, 0.15) is 5.82 Å². The summed E-state index contributed by atoms with van der Waals surface area (Å²) < 4.78 is 27.6. The van der Waals surface area contributed by atoms with Crippen molar-refractivity contribution in [2.45, 2.75) is 32.2 Å². The summed E-state index contributed by atoms with van der Waals surface area (Å²) in [6.07, 6.45) is 4.54. The number of hydrogen-bond acceptors (Lipinski definition) is 6. The lowest BCUT2D eigenvalue weighted by molar-refractivity contribution is -0.117. The van der Waals surface area contributed by atoms with E-state index in [4.69, 9.17) is 10.8 Å². The number of rotatable bonds is 10. The Morgan fingerprint density at radius 2 is 1.86 bits per heavy atom. The number of primary amides is 1. The van der Waals surface area contributed by atoms with Crippen molar-refractivity contribution in [1.82, 2.24) is 4.98 Å². The lowest BCUT2D eigenvalue weighted by Crippen LogP contribution is -2.33. The molecule has 0 spiro atoms. The predicted molar refractivity (Wildman–Crippen MR) is 137 cm³/mol. The summed E-state index contributed by atoms with van der Waals surface area (Å²) in [5.74, 6) is -1.22. The fourth-order valence-electron chi connectivity index (χ4n) is 4.49. The summed E-state index contributed by atoms with van der Waals surface area (Å²) in [6, 6.07) is 13.8. The predicted octanol–water partition coefficient (Wildman–Crippen LogP) is 4.34. The number of aliphatic hydroxyl groups is 1. The first-order chi connectivity index (χ1) is 17.4. The second kappa shape index (κ2) is 11.8. The molecule has 190 valence electrons. The summed E-state index contributed by atoms with van der Waals surface area (Å²) in [7, 11) is 0. The summed E-state index contributed by atoms with van der Waals surface area (Å²) in [6.45, 7) is 2.23. The molecule has 1 fully saturated rings. The lowest BCUT2D eigenvalue weighted by atomic mass is 9.93. The Hall–Kier alpha value is -3.72. The van der Waals surface area contributed by atoms with Gasteiger partial charge in [0.25, 0.3) is 0 Å². The highest BCUT2D eigenvalue weighted by Crippen LogP contribution is 2.28. The first-order valence-corrected chi connectivity index (χ1v) is 12.1. The average molecular weight is 496 g/mol. The van der Waals surface area contributed by atoms with E-state index >= 15 is 0 Å². The Morgan fingerprint density at radius 3 is 2.56 bits per heavy atom. The van der Waals surface area contributed by atoms with Gasteiger partial charge in [0.2, 0.25) is 5.91 Å². The highest BCUT2D eigenvalue weighted by molar-refractivity contribution is 5.79. The number of aliphatic hydroxyl groups excluding tert-OH is 1. The van der Waals surface area contributed by atoms with E-state index in [0.717, 1.165) is 49.8 Å². The molecular formula is C27H31F2N5O2. The third kappa shape index (κ3) is 6.48. The van der Waals surface area contributed by atoms with E-state index in [0.29, 0.717) is 23.0 Å². The van der Waals surface area contributed by atoms with Crippen LogP contribution in [-0.4, -0.2) is 35.7 Å². The number of hydrogen-bond donors (Lipinski definition) is 4. The molecule has 1 aromatic heterocycles. The molecule has 36 heavy (non-hydrogen) atoms. The highest BCUT2D eigenvalue weighted by Gasteiger charge is 2.19. The maximum Gasteiger partial charge on any atom is 0.221 e. The smallest absolute Gasteiger partial charge is 0.221 e. The lowest BCUT2D eigenvalue weighted by Gasteiger charge is -2.33. The third-order valence-electron chi connectivity index (χ3n) is 6.51. The molecule has 0 bridgehead atoms. The normalized spacial score (nSPS) is 14.0. The number of nitrogens with one attached hydrogen (secondary N) is 2. The molecule has 7 nitrogen and oxygen atoms in total. The summed E-state index contributed by atoms with van der Waals surface area (Å²) in [5.41, 5.74) is 8.64. The van der Waals surface area contributed by atoms with Crippen molar-refractivity contribution in [3.05, 3.63) is 77.5 Å². The number of anilines is 4. The minimum Gasteiger partial charge on any atom is -0.396 e. The first kappa shape index (κ1) is 25.4. The van der Waals surface area contributed by atoms with E-state index in [9.17, 15) is 13.6 Å². The molecule has 9 heteroatoms. The zero-order valence-corrected chi connectivity index (χ0v) is 20.0. The molecule has 1 aliphatic rings. The molecule has 0 aliphatic carbocycles. The number of nitrogens with two attached hydrogens (primary N) is 1. The Bertz CT molecular complexity index is 1180. The van der Waals surface area contributed by atoms with Gasteiger partial charge in [-0.15, -0.1) is 0 Å². The SMILES string of the molecule is NC(=O)Cc1cnc(Nc2ccc(N3CCC(CCO)CC3)cc2)cc1NCc1cccc(F)c1F. The second-order valence-corrected chi connectivity index (χ2v) is 9.05. The molecule has 0 saturated carbocycles. The van der Waals surface area contributed by atoms with Gasteiger partial charge in [0.15, 0.2) is 11.6 Å². The third-order valence-corrected chi connectivity index (χ3v) is 6.51. The van der Waals surface area contributed by atoms with E-state index in [2.05, 4.69) is 32.7 Å². The molecule has 2 aromatic carbocycles. The molecule has 2 heterocycles. The molecule has 3 aromatic rings. The van der Waals surface area contributed by atoms with Crippen molar-refractivity contribution in [3.8, 4) is 0 Å². The zero-order valence-electron chi connectivity index (χ0n) is 20.0. The standard InChI is InChI=1S/C27H31F2N5O2/c28-23-3-1-2-19(27(23)29)16-31-24-15-26(32-17-20(24)14-25(30)36)33-21-4-6-22(7-5-21)34-11-8-18(9-12-34)10-13-35/h1-7,15,17-18,35H,8-14,16H2,(H2,30,36)(H2,31,32,33). The largest absolute Gasteiger partial charge is 0.396 e. The average Bonchev–Trinajstić information content (AvgIpc) is 2.87. The molecule has 5 N–H and O–H groups in total. The molecule has 0 atom stereocenters. The van der Waals surface area contributed by atoms with Crippen LogP contribution in [0.15, 0.2) is 54.7 Å². The number of amides is 1. The van der Waals surface area contributed by atoms with E-state index in [-0.39, 0.29) is 25.1 Å². The number of aromatic nitrogens is 1. The Morgan fingerprint density at radius 1 is 1.11 bits per heavy atom. The van der Waals surface area contributed by atoms with Crippen molar-refractivity contribution in [3.63, 3.8) is 0 Å². The maximum absolute atomic E-state index is 14.1. The van der Waals surface area contributed by atoms with E-state index in [1.807, 2.05) is 12.1 Å². The van der Waals surface area contributed by atoms with Crippen LogP contribution in [0.25, 0.3) is 0 Å². The number of benzene rings is 2. The number of halogens is 2. The van der Waals surface area contributed by atoms with Gasteiger partial charge in [-0.05, 0) is 55.5 Å². The van der Waals surface area contributed by atoms with Gasteiger partial charge in [0.05, 0.1) is 6.42 Å². The van der Waals surface area contributed by atoms with Crippen LogP contribution in [-0.2, 0) is 17.8 Å². The van der Waals surface area contributed by atoms with Gasteiger partial charge in [-0.25, -0.2) is 13.8 Å². The second-order valence-electron chi connectivity index (χ2n) is 9.05. The number of nitrogens with zero attached hydrogens (tertiary/aromatic N) is 2. The van der Waals surface area contributed by atoms with E-state index < -0.39 is 17.5 Å². The Balaban J connectivity index is 1.44. The molecular weight excluding hydrogens is 464 g/mol. The fraction of sp³-hybridized carbons (Fsp3) is 0.333. The summed E-state index contributed by atoms with van der Waals surface area (Å²) >= 11 is 0. The monoisotopic (exact) mass is 495 g/mol. The minimum absolute atomic E-state index is 0.0303. The van der Waals surface area contributed by atoms with Crippen molar-refractivity contribution in [2.24, 2.45) is 11.7 Å². The van der Waals surface area contributed by atoms with Gasteiger partial charge in [-0.2, -0.15) is 0 Å². The molecule has 4 rings (SSSR count). The molecule has 1 saturated heterocycles. The Kier molecular flexibility index (Phi) is 8.32. The highest BCUT2D eigenvalue weighted by atomic mass is 19.2. The maximum atomic E-state index is 14.1. The van der Waals surface area contributed by atoms with Gasteiger partial charge < -0.3 is 26.4 Å². The molecule has 1 amide bonds. The van der Waals surface area contributed by atoms with Crippen molar-refractivity contribution in [1.29, 1.82) is 0 Å². The number of carbonyl (C=O) groups is 1. The van der Waals surface area contributed by atoms with Crippen LogP contribution in [0.4, 0.5) is 31.7 Å². The van der Waals surface area contributed by atoms with Crippen LogP contribution < -0.4 is 21.3 Å². The van der Waals surface area contributed by atoms with Crippen molar-refractivity contribution < 1.29 is 18.7 Å². The van der Waals surface area contributed by atoms with E-state index in [1.54, 1.807) is 12.3 Å². The van der Waals surface area contributed by atoms with Gasteiger partial charge in [0, 0.05) is 66.7 Å².